The molecule has 0 saturated carbocycles. The van der Waals surface area contributed by atoms with Gasteiger partial charge in [0.2, 0.25) is 0 Å². The third-order valence-corrected chi connectivity index (χ3v) is 3.83. The first kappa shape index (κ1) is 15.8. The monoisotopic (exact) mass is 352 g/mol. The van der Waals surface area contributed by atoms with E-state index in [0.717, 1.165) is 23.9 Å². The second kappa shape index (κ2) is 6.75. The molecule has 1 fully saturated rings. The van der Waals surface area contributed by atoms with Crippen LogP contribution in [0.4, 0.5) is 0 Å². The third kappa shape index (κ3) is 3.60. The molecule has 1 heterocycles. The highest BCUT2D eigenvalue weighted by molar-refractivity contribution is 9.10. The summed E-state index contributed by atoms with van der Waals surface area (Å²) in [6.07, 6.45) is 1.95. The Hall–Kier alpha value is -0.290. The van der Waals surface area contributed by atoms with Gasteiger partial charge in [-0.2, -0.15) is 0 Å². The maximum atomic E-state index is 12.3. The normalized spacial score (nSPS) is 19.3. The fourth-order valence-corrected chi connectivity index (χ4v) is 2.61. The summed E-state index contributed by atoms with van der Waals surface area (Å²) in [6, 6.07) is 5.32. The summed E-state index contributed by atoms with van der Waals surface area (Å²) in [4.78, 5) is 14.1. The molecule has 1 aromatic carbocycles. The van der Waals surface area contributed by atoms with Crippen molar-refractivity contribution in [2.45, 2.75) is 18.9 Å². The molecule has 1 atom stereocenters. The van der Waals surface area contributed by atoms with E-state index in [1.54, 1.807) is 23.1 Å². The molecule has 0 unspecified atom stereocenters. The molecular formula is C12H15BrCl2N2O. The van der Waals surface area contributed by atoms with Crippen LogP contribution < -0.4 is 5.73 Å². The summed E-state index contributed by atoms with van der Waals surface area (Å²) < 4.78 is 0.769. The fraction of sp³-hybridized carbons (Fsp3) is 0.417. The van der Waals surface area contributed by atoms with Gasteiger partial charge in [-0.1, -0.05) is 11.6 Å². The number of piperidine rings is 1. The minimum Gasteiger partial charge on any atom is -0.337 e. The third-order valence-electron chi connectivity index (χ3n) is 2.90. The second-order valence-electron chi connectivity index (χ2n) is 4.28. The number of hydrogen-bond donors (Lipinski definition) is 1. The minimum atomic E-state index is -0.00507. The van der Waals surface area contributed by atoms with E-state index in [4.69, 9.17) is 17.3 Å². The first-order valence-corrected chi connectivity index (χ1v) is 6.75. The van der Waals surface area contributed by atoms with Crippen LogP contribution in [-0.4, -0.2) is 29.9 Å². The molecule has 1 amide bonds. The lowest BCUT2D eigenvalue weighted by Crippen LogP contribution is -2.45. The number of amides is 1. The molecule has 1 aromatic rings. The maximum Gasteiger partial charge on any atom is 0.255 e. The Labute approximate surface area is 126 Å². The molecule has 0 spiro atoms. The number of likely N-dealkylation sites (tertiary alicyclic amines) is 1. The van der Waals surface area contributed by atoms with Crippen LogP contribution >= 0.6 is 39.9 Å². The Morgan fingerprint density at radius 2 is 2.22 bits per heavy atom. The number of nitrogens with zero attached hydrogens (tertiary/aromatic N) is 1. The number of nitrogens with two attached hydrogens (primary N) is 1. The minimum absolute atomic E-state index is 0. The molecule has 18 heavy (non-hydrogen) atoms. The van der Waals surface area contributed by atoms with Crippen LogP contribution in [0, 0.1) is 0 Å². The van der Waals surface area contributed by atoms with E-state index in [1.165, 1.54) is 0 Å². The SMILES string of the molecule is Cl.N[C@@H]1CCCN(C(=O)c2cc(Cl)ccc2Br)C1. The van der Waals surface area contributed by atoms with E-state index in [9.17, 15) is 4.79 Å². The molecule has 1 saturated heterocycles. The predicted molar refractivity (Wildman–Crippen MR) is 79.5 cm³/mol. The molecule has 0 aromatic heterocycles. The summed E-state index contributed by atoms with van der Waals surface area (Å²) in [5, 5.41) is 0.567. The summed E-state index contributed by atoms with van der Waals surface area (Å²) in [5.74, 6) is -0.00507. The van der Waals surface area contributed by atoms with Crippen molar-refractivity contribution in [1.29, 1.82) is 0 Å². The fourth-order valence-electron chi connectivity index (χ4n) is 2.03. The predicted octanol–water partition coefficient (Wildman–Crippen LogP) is 3.09. The molecular weight excluding hydrogens is 339 g/mol. The zero-order valence-corrected chi connectivity index (χ0v) is 12.9. The van der Waals surface area contributed by atoms with E-state index in [0.29, 0.717) is 17.1 Å². The molecule has 3 nitrogen and oxygen atoms in total. The lowest BCUT2D eigenvalue weighted by atomic mass is 10.1. The molecule has 6 heteroatoms. The molecule has 0 radical (unpaired) electrons. The second-order valence-corrected chi connectivity index (χ2v) is 5.57. The standard InChI is InChI=1S/C12H14BrClN2O.ClH/c13-11-4-3-8(14)6-10(11)12(17)16-5-1-2-9(15)7-16;/h3-4,6,9H,1-2,5,7,15H2;1H/t9-;/m1./s1. The van der Waals surface area contributed by atoms with Crippen LogP contribution in [0.15, 0.2) is 22.7 Å². The summed E-state index contributed by atoms with van der Waals surface area (Å²) in [7, 11) is 0. The van der Waals surface area contributed by atoms with Crippen molar-refractivity contribution in [3.63, 3.8) is 0 Å². The van der Waals surface area contributed by atoms with Gasteiger partial charge in [0.05, 0.1) is 5.56 Å². The molecule has 2 rings (SSSR count). The van der Waals surface area contributed by atoms with Gasteiger partial charge in [-0.25, -0.2) is 0 Å². The number of hydrogen-bond acceptors (Lipinski definition) is 2. The van der Waals surface area contributed by atoms with Crippen LogP contribution in [-0.2, 0) is 0 Å². The van der Waals surface area contributed by atoms with E-state index in [-0.39, 0.29) is 24.4 Å². The summed E-state index contributed by atoms with van der Waals surface area (Å²) >= 11 is 9.29. The van der Waals surface area contributed by atoms with Crippen LogP contribution in [0.25, 0.3) is 0 Å². The zero-order valence-electron chi connectivity index (χ0n) is 9.73. The Kier molecular flexibility index (Phi) is 5.92. The molecule has 2 N–H and O–H groups in total. The number of carbonyl (C=O) groups excluding carboxylic acids is 1. The topological polar surface area (TPSA) is 46.3 Å². The molecule has 0 bridgehead atoms. The van der Waals surface area contributed by atoms with Crippen molar-refractivity contribution in [2.24, 2.45) is 5.73 Å². The molecule has 0 aliphatic carbocycles. The van der Waals surface area contributed by atoms with E-state index < -0.39 is 0 Å². The van der Waals surface area contributed by atoms with Crippen molar-refractivity contribution in [1.82, 2.24) is 4.90 Å². The first-order valence-electron chi connectivity index (χ1n) is 5.58. The highest BCUT2D eigenvalue weighted by Crippen LogP contribution is 2.23. The van der Waals surface area contributed by atoms with E-state index in [1.807, 2.05) is 0 Å². The highest BCUT2D eigenvalue weighted by atomic mass is 79.9. The molecule has 100 valence electrons. The Morgan fingerprint density at radius 1 is 1.50 bits per heavy atom. The lowest BCUT2D eigenvalue weighted by molar-refractivity contribution is 0.0708. The van der Waals surface area contributed by atoms with Crippen molar-refractivity contribution in [3.8, 4) is 0 Å². The van der Waals surface area contributed by atoms with Gasteiger partial charge in [-0.15, -0.1) is 12.4 Å². The van der Waals surface area contributed by atoms with Gasteiger partial charge in [0.25, 0.3) is 5.91 Å². The van der Waals surface area contributed by atoms with Crippen LogP contribution in [0.5, 0.6) is 0 Å². The lowest BCUT2D eigenvalue weighted by Gasteiger charge is -2.31. The quantitative estimate of drug-likeness (QED) is 0.843. The van der Waals surface area contributed by atoms with Gasteiger partial charge in [0, 0.05) is 28.6 Å². The molecule has 1 aliphatic heterocycles. The van der Waals surface area contributed by atoms with Gasteiger partial charge in [0.1, 0.15) is 0 Å². The summed E-state index contributed by atoms with van der Waals surface area (Å²) in [5.41, 5.74) is 6.48. The number of rotatable bonds is 1. The highest BCUT2D eigenvalue weighted by Gasteiger charge is 2.23. The van der Waals surface area contributed by atoms with Crippen LogP contribution in [0.1, 0.15) is 23.2 Å². The van der Waals surface area contributed by atoms with E-state index >= 15 is 0 Å². The smallest absolute Gasteiger partial charge is 0.255 e. The average Bonchev–Trinajstić information content (AvgIpc) is 2.31. The van der Waals surface area contributed by atoms with Gasteiger partial charge < -0.3 is 10.6 Å². The summed E-state index contributed by atoms with van der Waals surface area (Å²) in [6.45, 7) is 1.39. The molecule has 1 aliphatic rings. The number of carbonyl (C=O) groups is 1. The Bertz CT molecular complexity index is 442. The first-order chi connectivity index (χ1) is 8.08. The van der Waals surface area contributed by atoms with Crippen molar-refractivity contribution in [3.05, 3.63) is 33.3 Å². The zero-order chi connectivity index (χ0) is 12.4. The number of benzene rings is 1. The van der Waals surface area contributed by atoms with Crippen molar-refractivity contribution in [2.75, 3.05) is 13.1 Å². The van der Waals surface area contributed by atoms with Crippen molar-refractivity contribution < 1.29 is 4.79 Å². The Balaban J connectivity index is 0.00000162. The average molecular weight is 354 g/mol. The number of halogens is 3. The van der Waals surface area contributed by atoms with Gasteiger partial charge in [-0.05, 0) is 47.0 Å². The maximum absolute atomic E-state index is 12.3. The van der Waals surface area contributed by atoms with Gasteiger partial charge in [-0.3, -0.25) is 4.79 Å². The van der Waals surface area contributed by atoms with Crippen LogP contribution in [0.3, 0.4) is 0 Å². The van der Waals surface area contributed by atoms with Gasteiger partial charge in [0.15, 0.2) is 0 Å². The van der Waals surface area contributed by atoms with E-state index in [2.05, 4.69) is 15.9 Å². The van der Waals surface area contributed by atoms with Crippen LogP contribution in [0.2, 0.25) is 5.02 Å². The van der Waals surface area contributed by atoms with Gasteiger partial charge >= 0.3 is 0 Å². The van der Waals surface area contributed by atoms with Crippen molar-refractivity contribution >= 4 is 45.8 Å². The Morgan fingerprint density at radius 3 is 2.89 bits per heavy atom. The largest absolute Gasteiger partial charge is 0.337 e.